The van der Waals surface area contributed by atoms with Gasteiger partial charge in [0.2, 0.25) is 0 Å². The lowest BCUT2D eigenvalue weighted by molar-refractivity contribution is -0.266. The molecule has 1 aromatic rings. The molecule has 0 amide bonds. The molecule has 0 bridgehead atoms. The third-order valence-corrected chi connectivity index (χ3v) is 1.78. The Balaban J connectivity index is 2.79. The number of ether oxygens (including phenoxy) is 1. The summed E-state index contributed by atoms with van der Waals surface area (Å²) in [5.74, 6) is -0.323. The van der Waals surface area contributed by atoms with E-state index >= 15 is 0 Å². The average Bonchev–Trinajstić information content (AvgIpc) is 2.03. The first-order valence-corrected chi connectivity index (χ1v) is 4.31. The molecule has 0 aliphatic heterocycles. The van der Waals surface area contributed by atoms with E-state index in [-0.39, 0.29) is 5.75 Å². The van der Waals surface area contributed by atoms with Gasteiger partial charge < -0.3 is 4.74 Å². The summed E-state index contributed by atoms with van der Waals surface area (Å²) in [5.41, 5.74) is 0. The molecule has 0 atom stereocenters. The predicted molar refractivity (Wildman–Crippen MR) is 45.9 cm³/mol. The summed E-state index contributed by atoms with van der Waals surface area (Å²) in [6.45, 7) is 0. The fourth-order valence-corrected chi connectivity index (χ4v) is 0.775. The molecule has 0 aromatic heterocycles. The minimum atomic E-state index is -4.58. The van der Waals surface area contributed by atoms with Gasteiger partial charge in [-0.05, 0) is 12.1 Å². The maximum absolute atomic E-state index is 12.6. The lowest BCUT2D eigenvalue weighted by Gasteiger charge is -2.21. The van der Waals surface area contributed by atoms with E-state index in [1.807, 2.05) is 0 Å². The van der Waals surface area contributed by atoms with Crippen molar-refractivity contribution < 1.29 is 22.3 Å². The number of alkyl halides is 5. The smallest absolute Gasteiger partial charge is 0.427 e. The Morgan fingerprint density at radius 3 is 1.93 bits per heavy atom. The molecule has 0 unspecified atom stereocenters. The van der Waals surface area contributed by atoms with Gasteiger partial charge in [0.15, 0.2) is 0 Å². The van der Waals surface area contributed by atoms with Crippen molar-refractivity contribution >= 4 is 15.9 Å². The number of benzene rings is 1. The third kappa shape index (κ3) is 2.60. The van der Waals surface area contributed by atoms with Gasteiger partial charge in [-0.2, -0.15) is 17.6 Å². The van der Waals surface area contributed by atoms with Crippen molar-refractivity contribution in [3.8, 4) is 5.75 Å². The molecule has 0 aliphatic carbocycles. The van der Waals surface area contributed by atoms with E-state index in [1.54, 1.807) is 22.0 Å². The van der Waals surface area contributed by atoms with Crippen LogP contribution in [0.25, 0.3) is 0 Å². The predicted octanol–water partition coefficient (Wildman–Crippen LogP) is 3.65. The van der Waals surface area contributed by atoms with Crippen molar-refractivity contribution in [1.82, 2.24) is 0 Å². The van der Waals surface area contributed by atoms with Crippen LogP contribution in [0.15, 0.2) is 30.3 Å². The minimum absolute atomic E-state index is 0.323. The highest BCUT2D eigenvalue weighted by Crippen LogP contribution is 2.40. The standard InChI is InChI=1S/C8H5BrF4O/c9-7(10,11)8(12,13)14-6-4-2-1-3-5-6/h1-5H. The van der Waals surface area contributed by atoms with Crippen LogP contribution in [0, 0.1) is 0 Å². The molecule has 78 valence electrons. The van der Waals surface area contributed by atoms with Gasteiger partial charge >= 0.3 is 10.9 Å². The maximum atomic E-state index is 12.6. The molecule has 1 aromatic carbocycles. The lowest BCUT2D eigenvalue weighted by atomic mass is 10.3. The first kappa shape index (κ1) is 11.3. The van der Waals surface area contributed by atoms with E-state index in [9.17, 15) is 17.6 Å². The molecule has 0 N–H and O–H groups in total. The monoisotopic (exact) mass is 272 g/mol. The Labute approximate surface area is 85.8 Å². The van der Waals surface area contributed by atoms with Gasteiger partial charge in [-0.1, -0.05) is 18.2 Å². The molecule has 0 aliphatic rings. The highest BCUT2D eigenvalue weighted by atomic mass is 79.9. The summed E-state index contributed by atoms with van der Waals surface area (Å²) in [7, 11) is 0. The fourth-order valence-electron chi connectivity index (χ4n) is 0.694. The highest BCUT2D eigenvalue weighted by Gasteiger charge is 2.57. The Bertz CT molecular complexity index is 296. The van der Waals surface area contributed by atoms with Gasteiger partial charge in [-0.15, -0.1) is 0 Å². The Kier molecular flexibility index (Phi) is 3.04. The van der Waals surface area contributed by atoms with E-state index in [4.69, 9.17) is 0 Å². The normalized spacial score (nSPS) is 12.6. The SMILES string of the molecule is FC(F)(Br)C(F)(F)Oc1ccccc1. The van der Waals surface area contributed by atoms with Crippen molar-refractivity contribution in [1.29, 1.82) is 0 Å². The second-order valence-electron chi connectivity index (χ2n) is 2.43. The molecule has 0 spiro atoms. The zero-order valence-electron chi connectivity index (χ0n) is 6.68. The minimum Gasteiger partial charge on any atom is -0.427 e. The summed E-state index contributed by atoms with van der Waals surface area (Å²) in [6.07, 6.45) is -4.58. The van der Waals surface area contributed by atoms with E-state index in [0.29, 0.717) is 0 Å². The molecule has 6 heteroatoms. The van der Waals surface area contributed by atoms with Crippen LogP contribution in [0.4, 0.5) is 17.6 Å². The lowest BCUT2D eigenvalue weighted by Crippen LogP contribution is -2.40. The number of hydrogen-bond donors (Lipinski definition) is 0. The number of rotatable bonds is 3. The molecule has 0 fully saturated rings. The van der Waals surface area contributed by atoms with Crippen molar-refractivity contribution in [2.75, 3.05) is 0 Å². The quantitative estimate of drug-likeness (QED) is 0.603. The number of para-hydroxylation sites is 1. The summed E-state index contributed by atoms with van der Waals surface area (Å²) in [4.78, 5) is -4.39. The second-order valence-corrected chi connectivity index (χ2v) is 3.43. The summed E-state index contributed by atoms with van der Waals surface area (Å²) in [6, 6.07) is 6.67. The van der Waals surface area contributed by atoms with Crippen molar-refractivity contribution in [3.05, 3.63) is 30.3 Å². The maximum Gasteiger partial charge on any atom is 0.475 e. The molecule has 0 heterocycles. The molecule has 0 radical (unpaired) electrons. The highest BCUT2D eigenvalue weighted by molar-refractivity contribution is 9.10. The zero-order chi connectivity index (χ0) is 10.8. The number of hydrogen-bond acceptors (Lipinski definition) is 1. The second kappa shape index (κ2) is 3.76. The Morgan fingerprint density at radius 2 is 1.50 bits per heavy atom. The van der Waals surface area contributed by atoms with Gasteiger partial charge in [0.1, 0.15) is 5.75 Å². The first-order valence-electron chi connectivity index (χ1n) is 3.51. The van der Waals surface area contributed by atoms with Crippen LogP contribution in [-0.2, 0) is 0 Å². The molecular weight excluding hydrogens is 268 g/mol. The van der Waals surface area contributed by atoms with E-state index < -0.39 is 10.9 Å². The summed E-state index contributed by atoms with van der Waals surface area (Å²) in [5, 5.41) is 0. The molecule has 1 nitrogen and oxygen atoms in total. The van der Waals surface area contributed by atoms with Crippen LogP contribution in [0.3, 0.4) is 0 Å². The molecular formula is C8H5BrF4O. The van der Waals surface area contributed by atoms with Gasteiger partial charge in [-0.25, -0.2) is 0 Å². The van der Waals surface area contributed by atoms with Crippen LogP contribution in [-0.4, -0.2) is 10.9 Å². The largest absolute Gasteiger partial charge is 0.475 e. The zero-order valence-corrected chi connectivity index (χ0v) is 8.27. The molecule has 1 rings (SSSR count). The molecule has 0 saturated heterocycles. The van der Waals surface area contributed by atoms with Crippen LogP contribution in [0.5, 0.6) is 5.75 Å². The van der Waals surface area contributed by atoms with Crippen LogP contribution in [0.2, 0.25) is 0 Å². The summed E-state index contributed by atoms with van der Waals surface area (Å²) >= 11 is 1.55. The van der Waals surface area contributed by atoms with Crippen molar-refractivity contribution in [3.63, 3.8) is 0 Å². The van der Waals surface area contributed by atoms with Gasteiger partial charge in [0, 0.05) is 15.9 Å². The Hall–Kier alpha value is -0.780. The average molecular weight is 273 g/mol. The van der Waals surface area contributed by atoms with Gasteiger partial charge in [-0.3, -0.25) is 0 Å². The van der Waals surface area contributed by atoms with Gasteiger partial charge in [0.05, 0.1) is 0 Å². The van der Waals surface area contributed by atoms with Gasteiger partial charge in [0.25, 0.3) is 0 Å². The molecule has 0 saturated carbocycles. The number of halogens is 5. The summed E-state index contributed by atoms with van der Waals surface area (Å²) < 4.78 is 53.5. The van der Waals surface area contributed by atoms with E-state index in [0.717, 1.165) is 12.1 Å². The fraction of sp³-hybridized carbons (Fsp3) is 0.250. The molecule has 14 heavy (non-hydrogen) atoms. The first-order chi connectivity index (χ1) is 6.33. The Morgan fingerprint density at radius 1 is 1.00 bits per heavy atom. The topological polar surface area (TPSA) is 9.23 Å². The van der Waals surface area contributed by atoms with E-state index in [1.165, 1.54) is 12.1 Å². The third-order valence-electron chi connectivity index (χ3n) is 1.32. The van der Waals surface area contributed by atoms with Crippen molar-refractivity contribution in [2.24, 2.45) is 0 Å². The van der Waals surface area contributed by atoms with Crippen LogP contribution < -0.4 is 4.74 Å². The van der Waals surface area contributed by atoms with Crippen LogP contribution in [0.1, 0.15) is 0 Å². The van der Waals surface area contributed by atoms with E-state index in [2.05, 4.69) is 4.74 Å². The van der Waals surface area contributed by atoms with Crippen molar-refractivity contribution in [2.45, 2.75) is 10.9 Å². The van der Waals surface area contributed by atoms with Crippen LogP contribution >= 0.6 is 15.9 Å².